The first-order valence-corrected chi connectivity index (χ1v) is 8.70. The third kappa shape index (κ3) is 2.50. The Bertz CT molecular complexity index is 1070. The van der Waals surface area contributed by atoms with Gasteiger partial charge in [0.1, 0.15) is 17.4 Å². The molecule has 2 atom stereocenters. The van der Waals surface area contributed by atoms with Crippen molar-refractivity contribution in [2.24, 2.45) is 7.05 Å². The molecule has 0 bridgehead atoms. The number of carbonyl (C=O) groups is 2. The van der Waals surface area contributed by atoms with Gasteiger partial charge in [0.25, 0.3) is 5.91 Å². The Morgan fingerprint density at radius 1 is 1.30 bits per heavy atom. The second-order valence-corrected chi connectivity index (χ2v) is 6.68. The molecule has 1 amide bonds. The number of rotatable bonds is 2. The lowest BCUT2D eigenvalue weighted by molar-refractivity contribution is 0.0691. The van der Waals surface area contributed by atoms with Crippen molar-refractivity contribution in [2.45, 2.75) is 19.1 Å². The molecule has 3 aromatic rings. The number of amides is 1. The van der Waals surface area contributed by atoms with Crippen LogP contribution in [0.25, 0.3) is 11.0 Å². The highest BCUT2D eigenvalue weighted by molar-refractivity contribution is 6.19. The third-order valence-electron chi connectivity index (χ3n) is 5.16. The van der Waals surface area contributed by atoms with Gasteiger partial charge in [-0.3, -0.25) is 9.59 Å². The second-order valence-electron chi connectivity index (χ2n) is 6.68. The van der Waals surface area contributed by atoms with Crippen molar-refractivity contribution in [3.8, 4) is 0 Å². The number of nitrogens with zero attached hydrogens (tertiary/aromatic N) is 2. The van der Waals surface area contributed by atoms with Gasteiger partial charge < -0.3 is 20.3 Å². The van der Waals surface area contributed by atoms with Crippen LogP contribution in [0.15, 0.2) is 36.4 Å². The molecular weight excluding hydrogens is 344 g/mol. The van der Waals surface area contributed by atoms with Crippen LogP contribution < -0.4 is 10.6 Å². The van der Waals surface area contributed by atoms with Crippen LogP contribution in [0.3, 0.4) is 0 Å². The van der Waals surface area contributed by atoms with Crippen molar-refractivity contribution in [3.05, 3.63) is 58.9 Å². The number of nitrogens with one attached hydrogen (secondary N) is 2. The van der Waals surface area contributed by atoms with Gasteiger partial charge in [-0.1, -0.05) is 30.3 Å². The van der Waals surface area contributed by atoms with E-state index in [9.17, 15) is 14.7 Å². The summed E-state index contributed by atoms with van der Waals surface area (Å²) in [6, 6.07) is 10.3. The van der Waals surface area contributed by atoms with Crippen molar-refractivity contribution in [1.29, 1.82) is 0 Å². The van der Waals surface area contributed by atoms with Gasteiger partial charge in [0, 0.05) is 14.1 Å². The topological polar surface area (TPSA) is 96.2 Å². The number of aliphatic hydroxyl groups is 1. The molecular formula is C20H20N4O3. The highest BCUT2D eigenvalue weighted by Gasteiger charge is 2.39. The van der Waals surface area contributed by atoms with Gasteiger partial charge in [0.05, 0.1) is 28.4 Å². The molecule has 0 unspecified atom stereocenters. The number of ketones is 1. The molecule has 0 saturated heterocycles. The number of aryl methyl sites for hydroxylation is 2. The van der Waals surface area contributed by atoms with Crippen LogP contribution in [0.4, 0.5) is 5.69 Å². The first kappa shape index (κ1) is 17.2. The highest BCUT2D eigenvalue weighted by Crippen LogP contribution is 2.39. The fraction of sp³-hybridized carbons (Fsp3) is 0.250. The number of imidazole rings is 1. The largest absolute Gasteiger partial charge is 0.382 e. The van der Waals surface area contributed by atoms with E-state index in [2.05, 4.69) is 15.6 Å². The number of benzene rings is 2. The zero-order valence-electron chi connectivity index (χ0n) is 15.3. The molecule has 0 radical (unpaired) electrons. The lowest BCUT2D eigenvalue weighted by Gasteiger charge is -2.32. The lowest BCUT2D eigenvalue weighted by Crippen LogP contribution is -2.39. The smallest absolute Gasteiger partial charge is 0.251 e. The quantitative estimate of drug-likeness (QED) is 0.646. The minimum Gasteiger partial charge on any atom is -0.382 e. The fourth-order valence-electron chi connectivity index (χ4n) is 3.61. The number of anilines is 1. The number of fused-ring (bicyclic) bond motifs is 3. The Hall–Kier alpha value is -3.19. The Labute approximate surface area is 156 Å². The monoisotopic (exact) mass is 364 g/mol. The average Bonchev–Trinajstić information content (AvgIpc) is 2.98. The lowest BCUT2D eigenvalue weighted by atomic mass is 9.86. The molecule has 7 heteroatoms. The van der Waals surface area contributed by atoms with Crippen LogP contribution in [0.1, 0.15) is 38.1 Å². The number of hydrogen-bond acceptors (Lipinski definition) is 5. The third-order valence-corrected chi connectivity index (χ3v) is 5.16. The highest BCUT2D eigenvalue weighted by atomic mass is 16.3. The van der Waals surface area contributed by atoms with E-state index in [1.807, 2.05) is 48.9 Å². The molecule has 3 N–H and O–H groups in total. The van der Waals surface area contributed by atoms with Crippen LogP contribution in [-0.2, 0) is 7.05 Å². The predicted molar refractivity (Wildman–Crippen MR) is 102 cm³/mol. The van der Waals surface area contributed by atoms with Crippen molar-refractivity contribution in [1.82, 2.24) is 14.9 Å². The summed E-state index contributed by atoms with van der Waals surface area (Å²) in [6.07, 6.45) is -1.30. The van der Waals surface area contributed by atoms with Crippen LogP contribution in [-0.4, -0.2) is 39.5 Å². The van der Waals surface area contributed by atoms with Gasteiger partial charge in [-0.15, -0.1) is 0 Å². The van der Waals surface area contributed by atoms with E-state index in [0.29, 0.717) is 11.2 Å². The predicted octanol–water partition coefficient (Wildman–Crippen LogP) is 1.95. The molecule has 4 rings (SSSR count). The summed E-state index contributed by atoms with van der Waals surface area (Å²) in [5.41, 5.74) is 3.03. The number of hydrogen-bond donors (Lipinski definition) is 3. The normalized spacial score (nSPS) is 18.9. The number of Topliss-reactive ketones (excluding diaryl/α,β-unsaturated/α-hetero) is 1. The fourth-order valence-corrected chi connectivity index (χ4v) is 3.61. The molecule has 2 aromatic carbocycles. The SMILES string of the molecule is CNC(=O)c1cc2c(nc(C)n2C)c2c1C(=O)[C@H](O)[C@@H](c1ccccc1)N2. The maximum Gasteiger partial charge on any atom is 0.251 e. The molecule has 0 aliphatic carbocycles. The van der Waals surface area contributed by atoms with Crippen molar-refractivity contribution < 1.29 is 14.7 Å². The molecule has 0 fully saturated rings. The van der Waals surface area contributed by atoms with E-state index in [-0.39, 0.29) is 17.0 Å². The van der Waals surface area contributed by atoms with E-state index < -0.39 is 17.9 Å². The summed E-state index contributed by atoms with van der Waals surface area (Å²) in [7, 11) is 3.37. The zero-order chi connectivity index (χ0) is 19.3. The molecule has 0 saturated carbocycles. The maximum atomic E-state index is 13.1. The average molecular weight is 364 g/mol. The van der Waals surface area contributed by atoms with Crippen LogP contribution in [0, 0.1) is 6.92 Å². The van der Waals surface area contributed by atoms with Gasteiger partial charge in [0.15, 0.2) is 5.78 Å². The van der Waals surface area contributed by atoms with Crippen LogP contribution in [0.2, 0.25) is 0 Å². The summed E-state index contributed by atoms with van der Waals surface area (Å²) in [5, 5.41) is 16.5. The van der Waals surface area contributed by atoms with Crippen LogP contribution >= 0.6 is 0 Å². The van der Waals surface area contributed by atoms with E-state index in [1.165, 1.54) is 7.05 Å². The standard InChI is InChI=1S/C20H20N4O3/c1-10-22-16-13(24(10)3)9-12(20(27)21-2)14-17(16)23-15(19(26)18(14)25)11-7-5-4-6-8-11/h4-9,15,19,23,26H,1-3H3,(H,21,27)/t15-,19-/m1/s1. The number of carbonyl (C=O) groups excluding carboxylic acids is 2. The first-order valence-electron chi connectivity index (χ1n) is 8.70. The minimum atomic E-state index is -1.30. The Kier molecular flexibility index (Phi) is 3.96. The van der Waals surface area contributed by atoms with E-state index >= 15 is 0 Å². The molecule has 1 aliphatic heterocycles. The summed E-state index contributed by atoms with van der Waals surface area (Å²) in [6.45, 7) is 1.86. The number of aromatic nitrogens is 2. The van der Waals surface area contributed by atoms with E-state index in [1.54, 1.807) is 6.07 Å². The second kappa shape index (κ2) is 6.21. The molecule has 1 aromatic heterocycles. The van der Waals surface area contributed by atoms with Gasteiger partial charge in [-0.25, -0.2) is 4.98 Å². The molecule has 2 heterocycles. The minimum absolute atomic E-state index is 0.180. The van der Waals surface area contributed by atoms with Gasteiger partial charge in [0.2, 0.25) is 0 Å². The zero-order valence-corrected chi connectivity index (χ0v) is 15.3. The van der Waals surface area contributed by atoms with E-state index in [0.717, 1.165) is 16.9 Å². The number of aliphatic hydroxyl groups excluding tert-OH is 1. The van der Waals surface area contributed by atoms with Crippen molar-refractivity contribution in [3.63, 3.8) is 0 Å². The Balaban J connectivity index is 2.01. The van der Waals surface area contributed by atoms with Gasteiger partial charge >= 0.3 is 0 Å². The van der Waals surface area contributed by atoms with Gasteiger partial charge in [-0.05, 0) is 18.6 Å². The molecule has 7 nitrogen and oxygen atoms in total. The summed E-state index contributed by atoms with van der Waals surface area (Å²) < 4.78 is 1.87. The Morgan fingerprint density at radius 2 is 2.00 bits per heavy atom. The molecule has 1 aliphatic rings. The molecule has 27 heavy (non-hydrogen) atoms. The maximum absolute atomic E-state index is 13.1. The van der Waals surface area contributed by atoms with Crippen molar-refractivity contribution in [2.75, 3.05) is 12.4 Å². The van der Waals surface area contributed by atoms with Gasteiger partial charge in [-0.2, -0.15) is 0 Å². The summed E-state index contributed by atoms with van der Waals surface area (Å²) in [5.74, 6) is -0.105. The Morgan fingerprint density at radius 3 is 2.67 bits per heavy atom. The van der Waals surface area contributed by atoms with E-state index in [4.69, 9.17) is 0 Å². The molecule has 138 valence electrons. The summed E-state index contributed by atoms with van der Waals surface area (Å²) in [4.78, 5) is 30.1. The first-order chi connectivity index (χ1) is 12.9. The van der Waals surface area contributed by atoms with Crippen molar-refractivity contribution >= 4 is 28.4 Å². The summed E-state index contributed by atoms with van der Waals surface area (Å²) >= 11 is 0. The van der Waals surface area contributed by atoms with Crippen LogP contribution in [0.5, 0.6) is 0 Å². The molecule has 0 spiro atoms.